The van der Waals surface area contributed by atoms with Crippen LogP contribution in [-0.2, 0) is 14.3 Å². The maximum absolute atomic E-state index is 11.9. The number of anilines is 1. The van der Waals surface area contributed by atoms with Gasteiger partial charge in [-0.05, 0) is 29.8 Å². The number of hydrogen-bond acceptors (Lipinski definition) is 7. The van der Waals surface area contributed by atoms with Gasteiger partial charge in [0.2, 0.25) is 6.79 Å². The monoisotopic (exact) mass is 404 g/mol. The molecule has 1 aliphatic heterocycles. The molecule has 0 unspecified atom stereocenters. The van der Waals surface area contributed by atoms with Crippen LogP contribution < -0.4 is 14.8 Å². The van der Waals surface area contributed by atoms with Gasteiger partial charge in [0, 0.05) is 12.1 Å². The van der Waals surface area contributed by atoms with Crippen molar-refractivity contribution < 1.29 is 28.7 Å². The summed E-state index contributed by atoms with van der Waals surface area (Å²) < 4.78 is 15.2. The summed E-state index contributed by atoms with van der Waals surface area (Å²) in [6.07, 6.45) is 2.56. The molecular weight excluding hydrogens is 392 g/mol. The van der Waals surface area contributed by atoms with E-state index in [-0.39, 0.29) is 18.2 Å². The fourth-order valence-corrected chi connectivity index (χ4v) is 2.63. The van der Waals surface area contributed by atoms with Crippen LogP contribution in [0.3, 0.4) is 0 Å². The van der Waals surface area contributed by atoms with Gasteiger partial charge >= 0.3 is 5.97 Å². The number of amides is 1. The van der Waals surface area contributed by atoms with Crippen molar-refractivity contribution in [1.29, 1.82) is 0 Å². The highest BCUT2D eigenvalue weighted by atomic mass is 35.5. The fourth-order valence-electron chi connectivity index (χ4n) is 2.36. The second-order valence-electron chi connectivity index (χ2n) is 5.50. The number of para-hydroxylation sites is 2. The van der Waals surface area contributed by atoms with Crippen LogP contribution in [0.1, 0.15) is 5.56 Å². The topological polar surface area (TPSA) is 117 Å². The molecule has 0 atom stereocenters. The number of carbonyl (C=O) groups is 2. The van der Waals surface area contributed by atoms with Crippen molar-refractivity contribution in [3.63, 3.8) is 0 Å². The van der Waals surface area contributed by atoms with Gasteiger partial charge in [0.05, 0.1) is 9.95 Å². The number of benzene rings is 2. The molecule has 144 valence electrons. The van der Waals surface area contributed by atoms with E-state index in [0.29, 0.717) is 22.1 Å². The largest absolute Gasteiger partial charge is 0.454 e. The Morgan fingerprint density at radius 1 is 1.29 bits per heavy atom. The van der Waals surface area contributed by atoms with E-state index in [1.165, 1.54) is 30.3 Å². The Bertz CT molecular complexity index is 974. The lowest BCUT2D eigenvalue weighted by molar-refractivity contribution is -0.383. The summed E-state index contributed by atoms with van der Waals surface area (Å²) in [5.74, 6) is -0.578. The van der Waals surface area contributed by atoms with Crippen molar-refractivity contribution >= 4 is 40.9 Å². The Morgan fingerprint density at radius 2 is 2.07 bits per heavy atom. The number of nitro benzene ring substituents is 1. The number of nitrogens with zero attached hydrogens (tertiary/aromatic N) is 1. The molecule has 3 rings (SSSR count). The van der Waals surface area contributed by atoms with Gasteiger partial charge in [-0.15, -0.1) is 0 Å². The molecule has 0 bridgehead atoms. The summed E-state index contributed by atoms with van der Waals surface area (Å²) in [5, 5.41) is 13.6. The number of carbonyl (C=O) groups excluding carboxylic acids is 2. The van der Waals surface area contributed by atoms with Gasteiger partial charge < -0.3 is 19.5 Å². The molecule has 0 aromatic heterocycles. The lowest BCUT2D eigenvalue weighted by Crippen LogP contribution is -2.20. The molecule has 0 fully saturated rings. The van der Waals surface area contributed by atoms with E-state index in [1.54, 1.807) is 12.1 Å². The third-order valence-electron chi connectivity index (χ3n) is 3.58. The Hall–Kier alpha value is -3.59. The quantitative estimate of drug-likeness (QED) is 0.340. The third-order valence-corrected chi connectivity index (χ3v) is 3.86. The predicted molar refractivity (Wildman–Crippen MR) is 99.3 cm³/mol. The van der Waals surface area contributed by atoms with Crippen molar-refractivity contribution in [3.8, 4) is 11.5 Å². The highest BCUT2D eigenvalue weighted by Gasteiger charge is 2.18. The van der Waals surface area contributed by atoms with Crippen LogP contribution in [0.5, 0.6) is 11.5 Å². The molecule has 28 heavy (non-hydrogen) atoms. The molecule has 2 aromatic carbocycles. The lowest BCUT2D eigenvalue weighted by Gasteiger charge is -2.06. The molecule has 1 heterocycles. The maximum Gasteiger partial charge on any atom is 0.331 e. The van der Waals surface area contributed by atoms with Crippen molar-refractivity contribution in [3.05, 3.63) is 63.2 Å². The molecule has 0 saturated heterocycles. The standard InChI is InChI=1S/C18H13ClN2O7/c19-12-7-11(8-15-18(12)28-10-27-15)5-6-17(23)26-9-16(22)20-13-3-1-2-4-14(13)21(24)25/h1-8H,9-10H2,(H,20,22)/b6-5+. The van der Waals surface area contributed by atoms with Crippen LogP contribution in [0.4, 0.5) is 11.4 Å². The van der Waals surface area contributed by atoms with Crippen LogP contribution >= 0.6 is 11.6 Å². The molecule has 1 amide bonds. The van der Waals surface area contributed by atoms with E-state index in [9.17, 15) is 19.7 Å². The zero-order chi connectivity index (χ0) is 20.1. The third kappa shape index (κ3) is 4.57. The summed E-state index contributed by atoms with van der Waals surface area (Å²) in [4.78, 5) is 33.9. The molecule has 9 nitrogen and oxygen atoms in total. The van der Waals surface area contributed by atoms with E-state index in [4.69, 9.17) is 25.8 Å². The van der Waals surface area contributed by atoms with E-state index >= 15 is 0 Å². The van der Waals surface area contributed by atoms with Crippen molar-refractivity contribution in [2.45, 2.75) is 0 Å². The Morgan fingerprint density at radius 3 is 2.86 bits per heavy atom. The van der Waals surface area contributed by atoms with Gasteiger partial charge in [-0.1, -0.05) is 23.7 Å². The number of fused-ring (bicyclic) bond motifs is 1. The zero-order valence-corrected chi connectivity index (χ0v) is 15.0. The van der Waals surface area contributed by atoms with Crippen molar-refractivity contribution in [2.75, 3.05) is 18.7 Å². The minimum Gasteiger partial charge on any atom is -0.454 e. The van der Waals surface area contributed by atoms with Crippen LogP contribution in [0.25, 0.3) is 6.08 Å². The second kappa shape index (κ2) is 8.40. The number of ether oxygens (including phenoxy) is 3. The summed E-state index contributed by atoms with van der Waals surface area (Å²) >= 11 is 6.05. The van der Waals surface area contributed by atoms with Crippen molar-refractivity contribution in [1.82, 2.24) is 0 Å². The molecule has 1 aliphatic rings. The molecule has 2 aromatic rings. The average molecular weight is 405 g/mol. The lowest BCUT2D eigenvalue weighted by atomic mass is 10.2. The highest BCUT2D eigenvalue weighted by molar-refractivity contribution is 6.32. The van der Waals surface area contributed by atoms with Crippen LogP contribution in [0, 0.1) is 10.1 Å². The second-order valence-corrected chi connectivity index (χ2v) is 5.91. The van der Waals surface area contributed by atoms with Gasteiger partial charge in [0.25, 0.3) is 11.6 Å². The predicted octanol–water partition coefficient (Wildman–Crippen LogP) is 3.17. The summed E-state index contributed by atoms with van der Waals surface area (Å²) in [6, 6.07) is 8.86. The first kappa shape index (κ1) is 19.2. The average Bonchev–Trinajstić information content (AvgIpc) is 3.14. The van der Waals surface area contributed by atoms with Gasteiger partial charge in [0.1, 0.15) is 5.69 Å². The highest BCUT2D eigenvalue weighted by Crippen LogP contribution is 2.40. The van der Waals surface area contributed by atoms with Crippen LogP contribution in [-0.4, -0.2) is 30.2 Å². The van der Waals surface area contributed by atoms with E-state index in [1.807, 2.05) is 0 Å². The number of hydrogen-bond donors (Lipinski definition) is 1. The molecule has 0 radical (unpaired) electrons. The molecule has 10 heteroatoms. The number of nitrogens with one attached hydrogen (secondary N) is 1. The Labute approximate surface area is 163 Å². The van der Waals surface area contributed by atoms with Gasteiger partial charge in [-0.25, -0.2) is 4.79 Å². The summed E-state index contributed by atoms with van der Waals surface area (Å²) in [6.45, 7) is -0.532. The minimum absolute atomic E-state index is 0.0130. The van der Waals surface area contributed by atoms with E-state index in [2.05, 4.69) is 5.32 Å². The van der Waals surface area contributed by atoms with Gasteiger partial charge in [0.15, 0.2) is 18.1 Å². The summed E-state index contributed by atoms with van der Waals surface area (Å²) in [5.41, 5.74) is 0.330. The normalized spacial score (nSPS) is 12.0. The number of esters is 1. The molecular formula is C18H13ClN2O7. The molecule has 0 aliphatic carbocycles. The zero-order valence-electron chi connectivity index (χ0n) is 14.2. The molecule has 0 saturated carbocycles. The molecule has 1 N–H and O–H groups in total. The van der Waals surface area contributed by atoms with E-state index in [0.717, 1.165) is 6.08 Å². The first-order valence-corrected chi connectivity index (χ1v) is 8.29. The number of rotatable bonds is 6. The van der Waals surface area contributed by atoms with E-state index < -0.39 is 23.4 Å². The first-order chi connectivity index (χ1) is 13.4. The van der Waals surface area contributed by atoms with Crippen molar-refractivity contribution in [2.24, 2.45) is 0 Å². The number of halogens is 1. The Kier molecular flexibility index (Phi) is 5.75. The Balaban J connectivity index is 1.55. The maximum atomic E-state index is 11.9. The van der Waals surface area contributed by atoms with Gasteiger partial charge in [-0.3, -0.25) is 14.9 Å². The van der Waals surface area contributed by atoms with Crippen LogP contribution in [0.15, 0.2) is 42.5 Å². The number of nitro groups is 1. The summed E-state index contributed by atoms with van der Waals surface area (Å²) in [7, 11) is 0. The minimum atomic E-state index is -0.772. The smallest absolute Gasteiger partial charge is 0.331 e. The first-order valence-electron chi connectivity index (χ1n) is 7.91. The molecule has 0 spiro atoms. The van der Waals surface area contributed by atoms with Crippen LogP contribution in [0.2, 0.25) is 5.02 Å². The van der Waals surface area contributed by atoms with Gasteiger partial charge in [-0.2, -0.15) is 0 Å². The fraction of sp³-hybridized carbons (Fsp3) is 0.111. The SMILES string of the molecule is O=C(COC(=O)/C=C/c1cc(Cl)c2c(c1)OCO2)Nc1ccccc1[N+](=O)[O-].